The van der Waals surface area contributed by atoms with Gasteiger partial charge < -0.3 is 10.1 Å². The van der Waals surface area contributed by atoms with Crippen LogP contribution in [0.3, 0.4) is 0 Å². The molecule has 20 heavy (non-hydrogen) atoms. The van der Waals surface area contributed by atoms with Gasteiger partial charge in [0.1, 0.15) is 11.6 Å². The molecule has 0 bridgehead atoms. The highest BCUT2D eigenvalue weighted by Gasteiger charge is 2.32. The van der Waals surface area contributed by atoms with E-state index in [1.165, 1.54) is 13.2 Å². The Morgan fingerprint density at radius 2 is 2.25 bits per heavy atom. The summed E-state index contributed by atoms with van der Waals surface area (Å²) >= 11 is 0. The molecule has 104 valence electrons. The zero-order chi connectivity index (χ0) is 14.3. The molecule has 1 aliphatic rings. The van der Waals surface area contributed by atoms with Crippen molar-refractivity contribution < 1.29 is 13.9 Å². The number of nitrogens with zero attached hydrogens (tertiary/aromatic N) is 1. The van der Waals surface area contributed by atoms with Crippen molar-refractivity contribution in [3.05, 3.63) is 40.8 Å². The summed E-state index contributed by atoms with van der Waals surface area (Å²) in [6, 6.07) is 4.55. The van der Waals surface area contributed by atoms with Crippen LogP contribution in [0.1, 0.15) is 29.2 Å². The fourth-order valence-corrected chi connectivity index (χ4v) is 2.61. The molecule has 1 amide bonds. The predicted molar refractivity (Wildman–Crippen MR) is 71.4 cm³/mol. The van der Waals surface area contributed by atoms with Gasteiger partial charge in [-0.3, -0.25) is 9.89 Å². The molecule has 3 rings (SSSR count). The van der Waals surface area contributed by atoms with Crippen LogP contribution in [-0.2, 0) is 4.79 Å². The lowest BCUT2D eigenvalue weighted by molar-refractivity contribution is -0.116. The molecule has 1 atom stereocenters. The number of rotatable bonds is 2. The molecule has 6 heteroatoms. The van der Waals surface area contributed by atoms with Gasteiger partial charge in [0, 0.05) is 23.6 Å². The molecule has 2 N–H and O–H groups in total. The number of carbonyl (C=O) groups is 1. The van der Waals surface area contributed by atoms with Crippen LogP contribution in [0.5, 0.6) is 5.75 Å². The highest BCUT2D eigenvalue weighted by atomic mass is 19.1. The zero-order valence-corrected chi connectivity index (χ0v) is 11.2. The SMILES string of the molecule is COc1ccc(F)c(C2CC(=O)Nc3n[nH]c(C)c32)c1. The highest BCUT2D eigenvalue weighted by Crippen LogP contribution is 2.39. The van der Waals surface area contributed by atoms with Crippen molar-refractivity contribution in [2.45, 2.75) is 19.3 Å². The lowest BCUT2D eigenvalue weighted by atomic mass is 9.85. The second-order valence-electron chi connectivity index (χ2n) is 4.80. The molecule has 1 aromatic carbocycles. The zero-order valence-electron chi connectivity index (χ0n) is 11.2. The number of aryl methyl sites for hydroxylation is 1. The molecule has 2 heterocycles. The quantitative estimate of drug-likeness (QED) is 0.884. The minimum absolute atomic E-state index is 0.170. The number of methoxy groups -OCH3 is 1. The molecule has 1 aliphatic heterocycles. The Bertz CT molecular complexity index is 681. The molecule has 1 aromatic heterocycles. The third-order valence-electron chi connectivity index (χ3n) is 3.57. The van der Waals surface area contributed by atoms with Crippen LogP contribution >= 0.6 is 0 Å². The van der Waals surface area contributed by atoms with Crippen molar-refractivity contribution in [1.82, 2.24) is 10.2 Å². The molecule has 0 aliphatic carbocycles. The van der Waals surface area contributed by atoms with E-state index in [-0.39, 0.29) is 24.1 Å². The normalized spacial score (nSPS) is 17.6. The summed E-state index contributed by atoms with van der Waals surface area (Å²) in [4.78, 5) is 11.8. The van der Waals surface area contributed by atoms with Gasteiger partial charge in [0.05, 0.1) is 7.11 Å². The van der Waals surface area contributed by atoms with Crippen molar-refractivity contribution in [1.29, 1.82) is 0 Å². The standard InChI is InChI=1S/C14H14FN3O2/c1-7-13-10(6-12(19)16-14(13)18-17-7)9-5-8(20-2)3-4-11(9)15/h3-5,10H,6H2,1-2H3,(H2,16,17,18,19). The van der Waals surface area contributed by atoms with Crippen molar-refractivity contribution in [2.75, 3.05) is 12.4 Å². The van der Waals surface area contributed by atoms with Gasteiger partial charge in [0.25, 0.3) is 0 Å². The van der Waals surface area contributed by atoms with Crippen LogP contribution in [0.15, 0.2) is 18.2 Å². The first-order valence-electron chi connectivity index (χ1n) is 6.28. The van der Waals surface area contributed by atoms with Gasteiger partial charge in [-0.1, -0.05) is 0 Å². The Morgan fingerprint density at radius 3 is 3.00 bits per heavy atom. The number of halogens is 1. The second-order valence-corrected chi connectivity index (χ2v) is 4.80. The van der Waals surface area contributed by atoms with Crippen LogP contribution in [-0.4, -0.2) is 23.2 Å². The first kappa shape index (κ1) is 12.7. The van der Waals surface area contributed by atoms with E-state index >= 15 is 0 Å². The minimum atomic E-state index is -0.354. The average Bonchev–Trinajstić information content (AvgIpc) is 2.80. The van der Waals surface area contributed by atoms with Gasteiger partial charge >= 0.3 is 0 Å². The number of benzene rings is 1. The summed E-state index contributed by atoms with van der Waals surface area (Å²) < 4.78 is 19.3. The molecule has 0 saturated carbocycles. The topological polar surface area (TPSA) is 67.0 Å². The third-order valence-corrected chi connectivity index (χ3v) is 3.57. The van der Waals surface area contributed by atoms with Crippen LogP contribution in [0.4, 0.5) is 10.2 Å². The lowest BCUT2D eigenvalue weighted by Gasteiger charge is -2.23. The lowest BCUT2D eigenvalue weighted by Crippen LogP contribution is -2.24. The van der Waals surface area contributed by atoms with Crippen LogP contribution < -0.4 is 10.1 Å². The maximum Gasteiger partial charge on any atom is 0.226 e. The summed E-state index contributed by atoms with van der Waals surface area (Å²) in [5, 5.41) is 9.57. The Labute approximate surface area is 115 Å². The van der Waals surface area contributed by atoms with Crippen LogP contribution in [0, 0.1) is 12.7 Å². The monoisotopic (exact) mass is 275 g/mol. The number of hydrogen-bond donors (Lipinski definition) is 2. The number of nitrogens with one attached hydrogen (secondary N) is 2. The Hall–Kier alpha value is -2.37. The predicted octanol–water partition coefficient (Wildman–Crippen LogP) is 2.34. The Kier molecular flexibility index (Phi) is 2.93. The summed E-state index contributed by atoms with van der Waals surface area (Å²) in [6.45, 7) is 1.86. The minimum Gasteiger partial charge on any atom is -0.497 e. The van der Waals surface area contributed by atoms with Gasteiger partial charge in [0.2, 0.25) is 5.91 Å². The van der Waals surface area contributed by atoms with E-state index in [0.717, 1.165) is 11.3 Å². The average molecular weight is 275 g/mol. The van der Waals surface area contributed by atoms with E-state index in [9.17, 15) is 9.18 Å². The number of aromatic amines is 1. The summed E-state index contributed by atoms with van der Waals surface area (Å²) in [6.07, 6.45) is 0.192. The number of aromatic nitrogens is 2. The van der Waals surface area contributed by atoms with E-state index in [4.69, 9.17) is 4.74 Å². The molecule has 0 fully saturated rings. The Morgan fingerprint density at radius 1 is 1.45 bits per heavy atom. The molecular formula is C14H14FN3O2. The van der Waals surface area contributed by atoms with Gasteiger partial charge in [0.15, 0.2) is 5.82 Å². The summed E-state index contributed by atoms with van der Waals surface area (Å²) in [7, 11) is 1.53. The van der Waals surface area contributed by atoms with Gasteiger partial charge in [-0.2, -0.15) is 5.10 Å². The second kappa shape index (κ2) is 4.63. The van der Waals surface area contributed by atoms with E-state index in [1.807, 2.05) is 6.92 Å². The molecule has 0 radical (unpaired) electrons. The van der Waals surface area contributed by atoms with Crippen molar-refractivity contribution >= 4 is 11.7 Å². The largest absolute Gasteiger partial charge is 0.497 e. The smallest absolute Gasteiger partial charge is 0.226 e. The summed E-state index contributed by atoms with van der Waals surface area (Å²) in [5.74, 6) is 0.168. The first-order valence-corrected chi connectivity index (χ1v) is 6.28. The molecule has 0 saturated heterocycles. The number of H-pyrrole nitrogens is 1. The fraction of sp³-hybridized carbons (Fsp3) is 0.286. The number of carbonyl (C=O) groups excluding carboxylic acids is 1. The molecule has 5 nitrogen and oxygen atoms in total. The molecule has 1 unspecified atom stereocenters. The van der Waals surface area contributed by atoms with E-state index in [0.29, 0.717) is 17.1 Å². The maximum atomic E-state index is 14.1. The fourth-order valence-electron chi connectivity index (χ4n) is 2.61. The van der Waals surface area contributed by atoms with Crippen molar-refractivity contribution in [3.63, 3.8) is 0 Å². The van der Waals surface area contributed by atoms with E-state index in [2.05, 4.69) is 15.5 Å². The number of amides is 1. The van der Waals surface area contributed by atoms with E-state index < -0.39 is 0 Å². The van der Waals surface area contributed by atoms with Crippen LogP contribution in [0.25, 0.3) is 0 Å². The summed E-state index contributed by atoms with van der Waals surface area (Å²) in [5.41, 5.74) is 2.11. The number of hydrogen-bond acceptors (Lipinski definition) is 3. The maximum absolute atomic E-state index is 14.1. The van der Waals surface area contributed by atoms with Crippen LogP contribution in [0.2, 0.25) is 0 Å². The van der Waals surface area contributed by atoms with Crippen molar-refractivity contribution in [3.8, 4) is 5.75 Å². The molecule has 2 aromatic rings. The Balaban J connectivity index is 2.14. The van der Waals surface area contributed by atoms with E-state index in [1.54, 1.807) is 12.1 Å². The number of fused-ring (bicyclic) bond motifs is 1. The van der Waals surface area contributed by atoms with Gasteiger partial charge in [-0.25, -0.2) is 4.39 Å². The first-order chi connectivity index (χ1) is 9.60. The number of ether oxygens (including phenoxy) is 1. The third kappa shape index (κ3) is 1.93. The van der Waals surface area contributed by atoms with Crippen molar-refractivity contribution in [2.24, 2.45) is 0 Å². The van der Waals surface area contributed by atoms with Gasteiger partial charge in [-0.05, 0) is 30.7 Å². The van der Waals surface area contributed by atoms with Gasteiger partial charge in [-0.15, -0.1) is 0 Å². The molecular weight excluding hydrogens is 261 g/mol. The highest BCUT2D eigenvalue weighted by molar-refractivity contribution is 5.94. The molecule has 0 spiro atoms. The number of anilines is 1.